The lowest BCUT2D eigenvalue weighted by atomic mass is 9.97. The van der Waals surface area contributed by atoms with Gasteiger partial charge in [-0.25, -0.2) is 4.79 Å². The van der Waals surface area contributed by atoms with Gasteiger partial charge in [0, 0.05) is 13.1 Å². The molecular weight excluding hydrogens is 364 g/mol. The highest BCUT2D eigenvalue weighted by Crippen LogP contribution is 2.38. The number of rotatable bonds is 4. The molecule has 1 aromatic carbocycles. The maximum atomic E-state index is 12.2. The lowest BCUT2D eigenvalue weighted by Gasteiger charge is -2.31. The Hall–Kier alpha value is -2.48. The topological polar surface area (TPSA) is 108 Å². The summed E-state index contributed by atoms with van der Waals surface area (Å²) < 4.78 is 15.9. The van der Waals surface area contributed by atoms with Crippen molar-refractivity contribution in [3.8, 4) is 11.5 Å². The number of carbonyl (C=O) groups is 3. The molecule has 0 radical (unpaired) electrons. The van der Waals surface area contributed by atoms with Crippen LogP contribution in [0.1, 0.15) is 23.2 Å². The summed E-state index contributed by atoms with van der Waals surface area (Å²) in [4.78, 5) is 37.2. The molecule has 0 bridgehead atoms. The molecule has 0 saturated carbocycles. The quantitative estimate of drug-likeness (QED) is 0.778. The van der Waals surface area contributed by atoms with Crippen molar-refractivity contribution in [3.05, 3.63) is 22.7 Å². The summed E-state index contributed by atoms with van der Waals surface area (Å²) >= 11 is 6.09. The first-order valence-electron chi connectivity index (χ1n) is 8.29. The summed E-state index contributed by atoms with van der Waals surface area (Å²) in [5, 5.41) is 0.237. The van der Waals surface area contributed by atoms with Crippen LogP contribution < -0.4 is 15.2 Å². The van der Waals surface area contributed by atoms with Crippen molar-refractivity contribution in [1.29, 1.82) is 0 Å². The highest BCUT2D eigenvalue weighted by atomic mass is 35.5. The molecule has 9 heteroatoms. The lowest BCUT2D eigenvalue weighted by molar-refractivity contribution is -0.137. The number of primary amides is 1. The van der Waals surface area contributed by atoms with E-state index in [1.54, 1.807) is 0 Å². The van der Waals surface area contributed by atoms with Crippen LogP contribution in [-0.2, 0) is 14.3 Å². The number of piperidine rings is 1. The molecule has 0 aliphatic carbocycles. The van der Waals surface area contributed by atoms with Crippen LogP contribution in [0.4, 0.5) is 0 Å². The zero-order valence-corrected chi connectivity index (χ0v) is 14.8. The highest BCUT2D eigenvalue weighted by Gasteiger charge is 2.28. The van der Waals surface area contributed by atoms with Gasteiger partial charge >= 0.3 is 5.97 Å². The van der Waals surface area contributed by atoms with Crippen LogP contribution in [0, 0.1) is 5.92 Å². The molecule has 1 saturated heterocycles. The Morgan fingerprint density at radius 1 is 1.27 bits per heavy atom. The first kappa shape index (κ1) is 18.3. The molecule has 1 fully saturated rings. The number of ether oxygens (including phenoxy) is 3. The van der Waals surface area contributed by atoms with Gasteiger partial charge in [0.2, 0.25) is 5.91 Å². The van der Waals surface area contributed by atoms with E-state index in [-0.39, 0.29) is 29.0 Å². The van der Waals surface area contributed by atoms with Crippen LogP contribution in [0.3, 0.4) is 0 Å². The number of nitrogens with zero attached hydrogens (tertiary/aromatic N) is 1. The van der Waals surface area contributed by atoms with Crippen molar-refractivity contribution in [2.24, 2.45) is 11.7 Å². The number of halogens is 1. The first-order valence-corrected chi connectivity index (χ1v) is 8.67. The standard InChI is InChI=1S/C17H19ClN2O6/c18-12-6-11(7-13-15(12)25-5-4-24-13)17(23)26-9-14(21)20-3-1-2-10(8-20)16(19)22/h6-7,10H,1-5,8-9H2,(H2,19,22)/t10-/m0/s1. The largest absolute Gasteiger partial charge is 0.486 e. The van der Waals surface area contributed by atoms with Crippen LogP contribution in [0.2, 0.25) is 5.02 Å². The molecule has 140 valence electrons. The molecule has 0 unspecified atom stereocenters. The van der Waals surface area contributed by atoms with Crippen LogP contribution in [0.25, 0.3) is 0 Å². The van der Waals surface area contributed by atoms with E-state index in [1.807, 2.05) is 0 Å². The lowest BCUT2D eigenvalue weighted by Crippen LogP contribution is -2.45. The highest BCUT2D eigenvalue weighted by molar-refractivity contribution is 6.32. The van der Waals surface area contributed by atoms with Gasteiger partial charge in [-0.05, 0) is 25.0 Å². The third kappa shape index (κ3) is 4.01. The van der Waals surface area contributed by atoms with E-state index in [4.69, 9.17) is 31.5 Å². The Morgan fingerprint density at radius 2 is 2.04 bits per heavy atom. The second kappa shape index (κ2) is 7.82. The van der Waals surface area contributed by atoms with Crippen LogP contribution in [0.15, 0.2) is 12.1 Å². The third-order valence-electron chi connectivity index (χ3n) is 4.34. The Labute approximate surface area is 155 Å². The van der Waals surface area contributed by atoms with Gasteiger partial charge in [0.25, 0.3) is 5.91 Å². The second-order valence-electron chi connectivity index (χ2n) is 6.14. The van der Waals surface area contributed by atoms with Crippen molar-refractivity contribution in [3.63, 3.8) is 0 Å². The summed E-state index contributed by atoms with van der Waals surface area (Å²) in [7, 11) is 0. The van der Waals surface area contributed by atoms with Gasteiger partial charge in [-0.15, -0.1) is 0 Å². The minimum atomic E-state index is -0.694. The predicted molar refractivity (Wildman–Crippen MR) is 91.2 cm³/mol. The van der Waals surface area contributed by atoms with E-state index in [0.717, 1.165) is 0 Å². The summed E-state index contributed by atoms with van der Waals surface area (Å²) in [6.45, 7) is 1.08. The van der Waals surface area contributed by atoms with Crippen LogP contribution >= 0.6 is 11.6 Å². The van der Waals surface area contributed by atoms with Crippen molar-refractivity contribution in [1.82, 2.24) is 4.90 Å². The van der Waals surface area contributed by atoms with E-state index in [0.29, 0.717) is 44.1 Å². The molecule has 2 amide bonds. The van der Waals surface area contributed by atoms with E-state index >= 15 is 0 Å². The van der Waals surface area contributed by atoms with E-state index in [9.17, 15) is 14.4 Å². The van der Waals surface area contributed by atoms with Gasteiger partial charge in [-0.3, -0.25) is 9.59 Å². The Morgan fingerprint density at radius 3 is 2.81 bits per heavy atom. The molecule has 3 rings (SSSR count). The molecule has 2 aliphatic heterocycles. The molecule has 1 atom stereocenters. The van der Waals surface area contributed by atoms with Gasteiger partial charge in [0.05, 0.1) is 16.5 Å². The van der Waals surface area contributed by atoms with E-state index in [1.165, 1.54) is 17.0 Å². The average molecular weight is 383 g/mol. The Balaban J connectivity index is 1.59. The minimum absolute atomic E-state index is 0.167. The molecule has 8 nitrogen and oxygen atoms in total. The third-order valence-corrected chi connectivity index (χ3v) is 4.62. The number of fused-ring (bicyclic) bond motifs is 1. The molecule has 2 aliphatic rings. The molecule has 1 aromatic rings. The summed E-state index contributed by atoms with van der Waals surface area (Å²) in [5.74, 6) is -1.10. The zero-order chi connectivity index (χ0) is 18.7. The smallest absolute Gasteiger partial charge is 0.338 e. The second-order valence-corrected chi connectivity index (χ2v) is 6.55. The number of nitrogens with two attached hydrogens (primary N) is 1. The molecule has 2 N–H and O–H groups in total. The predicted octanol–water partition coefficient (Wildman–Crippen LogP) is 0.992. The van der Waals surface area contributed by atoms with Gasteiger partial charge < -0.3 is 24.8 Å². The van der Waals surface area contributed by atoms with Gasteiger partial charge in [0.1, 0.15) is 13.2 Å². The number of hydrogen-bond acceptors (Lipinski definition) is 6. The van der Waals surface area contributed by atoms with Gasteiger partial charge in [0.15, 0.2) is 18.1 Å². The van der Waals surface area contributed by atoms with Crippen LogP contribution in [-0.4, -0.2) is 55.6 Å². The molecule has 0 spiro atoms. The zero-order valence-electron chi connectivity index (χ0n) is 14.0. The SMILES string of the molecule is NC(=O)[C@H]1CCCN(C(=O)COC(=O)c2cc(Cl)c3c(c2)OCCO3)C1. The van der Waals surface area contributed by atoms with Crippen molar-refractivity contribution in [2.45, 2.75) is 12.8 Å². The molecule has 26 heavy (non-hydrogen) atoms. The minimum Gasteiger partial charge on any atom is -0.486 e. The number of hydrogen-bond donors (Lipinski definition) is 1. The summed E-state index contributed by atoms with van der Waals surface area (Å²) in [5.41, 5.74) is 5.47. The van der Waals surface area contributed by atoms with Crippen LogP contribution in [0.5, 0.6) is 11.5 Å². The number of likely N-dealkylation sites (tertiary alicyclic amines) is 1. The molecule has 0 aromatic heterocycles. The fraction of sp³-hybridized carbons (Fsp3) is 0.471. The van der Waals surface area contributed by atoms with E-state index < -0.39 is 18.5 Å². The van der Waals surface area contributed by atoms with E-state index in [2.05, 4.69) is 0 Å². The normalized spacial score (nSPS) is 19.0. The van der Waals surface area contributed by atoms with Gasteiger partial charge in [-0.1, -0.05) is 11.6 Å². The Kier molecular flexibility index (Phi) is 5.51. The maximum absolute atomic E-state index is 12.2. The summed E-state index contributed by atoms with van der Waals surface area (Å²) in [6.07, 6.45) is 1.35. The fourth-order valence-corrected chi connectivity index (χ4v) is 3.23. The molecule has 2 heterocycles. The number of amides is 2. The maximum Gasteiger partial charge on any atom is 0.338 e. The monoisotopic (exact) mass is 382 g/mol. The first-order chi connectivity index (χ1) is 12.5. The number of carbonyl (C=O) groups excluding carboxylic acids is 3. The van der Waals surface area contributed by atoms with Crippen molar-refractivity contribution >= 4 is 29.4 Å². The summed E-state index contributed by atoms with van der Waals surface area (Å²) in [6, 6.07) is 2.88. The fourth-order valence-electron chi connectivity index (χ4n) is 2.97. The average Bonchev–Trinajstić information content (AvgIpc) is 2.65. The van der Waals surface area contributed by atoms with Crippen molar-refractivity contribution < 1.29 is 28.6 Å². The number of benzene rings is 1. The number of esters is 1. The van der Waals surface area contributed by atoms with Crippen molar-refractivity contribution in [2.75, 3.05) is 32.9 Å². The molecular formula is C17H19ClN2O6. The van der Waals surface area contributed by atoms with Gasteiger partial charge in [-0.2, -0.15) is 0 Å². The Bertz CT molecular complexity index is 738.